The smallest absolute Gasteiger partial charge is 0.260 e. The van der Waals surface area contributed by atoms with E-state index in [0.29, 0.717) is 5.56 Å². The third-order valence-corrected chi connectivity index (χ3v) is 2.62. The van der Waals surface area contributed by atoms with Crippen molar-refractivity contribution in [2.45, 2.75) is 6.92 Å². The molecule has 1 N–H and O–H groups in total. The predicted molar refractivity (Wildman–Crippen MR) is 63.3 cm³/mol. The van der Waals surface area contributed by atoms with Crippen molar-refractivity contribution in [3.8, 4) is 0 Å². The summed E-state index contributed by atoms with van der Waals surface area (Å²) in [5, 5.41) is 6.26. The van der Waals surface area contributed by atoms with E-state index in [4.69, 9.17) is 0 Å². The van der Waals surface area contributed by atoms with Crippen molar-refractivity contribution in [3.63, 3.8) is 0 Å². The maximum atomic E-state index is 11.7. The predicted octanol–water partition coefficient (Wildman–Crippen LogP) is 3.00. The third kappa shape index (κ3) is 2.30. The van der Waals surface area contributed by atoms with Crippen LogP contribution in [0.4, 0.5) is 5.69 Å². The summed E-state index contributed by atoms with van der Waals surface area (Å²) in [6.45, 7) is 1.92. The Balaban J connectivity index is 2.18. The van der Waals surface area contributed by atoms with Crippen LogP contribution < -0.4 is 5.32 Å². The van der Waals surface area contributed by atoms with E-state index in [1.54, 1.807) is 0 Å². The number of aromatic nitrogens is 1. The highest BCUT2D eigenvalue weighted by atomic mass is 79.9. The van der Waals surface area contributed by atoms with E-state index in [-0.39, 0.29) is 5.91 Å². The molecule has 0 fully saturated rings. The quantitative estimate of drug-likeness (QED) is 0.920. The van der Waals surface area contributed by atoms with Crippen LogP contribution in [-0.4, -0.2) is 11.1 Å². The molecule has 0 aliphatic rings. The average molecular weight is 281 g/mol. The van der Waals surface area contributed by atoms with Crippen molar-refractivity contribution in [1.29, 1.82) is 0 Å². The van der Waals surface area contributed by atoms with Crippen molar-refractivity contribution in [2.24, 2.45) is 0 Å². The second-order valence-corrected chi connectivity index (χ2v) is 4.24. The maximum Gasteiger partial charge on any atom is 0.260 e. The number of anilines is 1. The molecule has 1 heterocycles. The molecular formula is C11H9BrN2O2. The number of amides is 1. The maximum absolute atomic E-state index is 11.7. The van der Waals surface area contributed by atoms with Gasteiger partial charge in [0.25, 0.3) is 5.91 Å². The number of nitrogens with zero attached hydrogens (tertiary/aromatic N) is 1. The minimum atomic E-state index is -0.230. The van der Waals surface area contributed by atoms with Gasteiger partial charge in [-0.05, 0) is 30.7 Å². The van der Waals surface area contributed by atoms with E-state index in [9.17, 15) is 4.79 Å². The molecule has 2 aromatic rings. The van der Waals surface area contributed by atoms with Gasteiger partial charge < -0.3 is 9.84 Å². The summed E-state index contributed by atoms with van der Waals surface area (Å²) < 4.78 is 5.58. The number of benzene rings is 1. The average Bonchev–Trinajstić information content (AvgIpc) is 2.75. The molecule has 0 saturated carbocycles. The fourth-order valence-corrected chi connectivity index (χ4v) is 1.75. The summed E-state index contributed by atoms with van der Waals surface area (Å²) in [5.74, 6) is -0.230. The Morgan fingerprint density at radius 2 is 2.31 bits per heavy atom. The van der Waals surface area contributed by atoms with E-state index < -0.39 is 0 Å². The molecule has 0 saturated heterocycles. The Labute approximate surface area is 101 Å². The molecule has 0 aliphatic carbocycles. The van der Waals surface area contributed by atoms with E-state index in [1.165, 1.54) is 12.5 Å². The standard InChI is InChI=1S/C11H9BrN2O2/c1-7-4-9(12)2-3-10(7)14-11(15)8-5-13-16-6-8/h2-6H,1H3,(H,14,15). The summed E-state index contributed by atoms with van der Waals surface area (Å²) in [5.41, 5.74) is 2.16. The van der Waals surface area contributed by atoms with E-state index in [2.05, 4.69) is 30.9 Å². The number of hydrogen-bond donors (Lipinski definition) is 1. The molecule has 82 valence electrons. The molecule has 1 aromatic heterocycles. The van der Waals surface area contributed by atoms with Crippen molar-refractivity contribution in [3.05, 3.63) is 46.3 Å². The minimum absolute atomic E-state index is 0.230. The second-order valence-electron chi connectivity index (χ2n) is 3.33. The summed E-state index contributed by atoms with van der Waals surface area (Å²) in [7, 11) is 0. The SMILES string of the molecule is Cc1cc(Br)ccc1NC(=O)c1cnoc1. The molecule has 16 heavy (non-hydrogen) atoms. The number of carbonyl (C=O) groups is 1. The number of carbonyl (C=O) groups excluding carboxylic acids is 1. The number of rotatable bonds is 2. The van der Waals surface area contributed by atoms with Gasteiger partial charge in [0, 0.05) is 10.2 Å². The van der Waals surface area contributed by atoms with E-state index in [1.807, 2.05) is 25.1 Å². The molecule has 0 spiro atoms. The Morgan fingerprint density at radius 3 is 2.94 bits per heavy atom. The molecule has 0 atom stereocenters. The normalized spacial score (nSPS) is 10.1. The van der Waals surface area contributed by atoms with Crippen LogP contribution in [0.3, 0.4) is 0 Å². The Hall–Kier alpha value is -1.62. The number of hydrogen-bond acceptors (Lipinski definition) is 3. The highest BCUT2D eigenvalue weighted by molar-refractivity contribution is 9.10. The zero-order valence-electron chi connectivity index (χ0n) is 8.53. The van der Waals surface area contributed by atoms with Crippen LogP contribution in [0.25, 0.3) is 0 Å². The van der Waals surface area contributed by atoms with Gasteiger partial charge in [0.2, 0.25) is 0 Å². The molecule has 2 rings (SSSR count). The summed E-state index contributed by atoms with van der Waals surface area (Å²) >= 11 is 3.36. The Bertz CT molecular complexity index is 509. The molecule has 0 aliphatic heterocycles. The van der Waals surface area contributed by atoms with Gasteiger partial charge in [-0.1, -0.05) is 21.1 Å². The van der Waals surface area contributed by atoms with Crippen LogP contribution in [0.1, 0.15) is 15.9 Å². The molecular weight excluding hydrogens is 272 g/mol. The monoisotopic (exact) mass is 280 g/mol. The Kier molecular flexibility index (Phi) is 3.05. The number of nitrogens with one attached hydrogen (secondary N) is 1. The van der Waals surface area contributed by atoms with Crippen LogP contribution >= 0.6 is 15.9 Å². The van der Waals surface area contributed by atoms with Crippen molar-refractivity contribution < 1.29 is 9.32 Å². The topological polar surface area (TPSA) is 55.1 Å². The van der Waals surface area contributed by atoms with Gasteiger partial charge in [-0.3, -0.25) is 4.79 Å². The number of aryl methyl sites for hydroxylation is 1. The van der Waals surface area contributed by atoms with Crippen molar-refractivity contribution in [1.82, 2.24) is 5.16 Å². The molecule has 0 bridgehead atoms. The molecule has 0 unspecified atom stereocenters. The lowest BCUT2D eigenvalue weighted by Crippen LogP contribution is -2.11. The van der Waals surface area contributed by atoms with Gasteiger partial charge in [0.15, 0.2) is 0 Å². The fourth-order valence-electron chi connectivity index (χ4n) is 1.28. The van der Waals surface area contributed by atoms with Crippen LogP contribution in [0.15, 0.2) is 39.7 Å². The minimum Gasteiger partial charge on any atom is -0.364 e. The van der Waals surface area contributed by atoms with E-state index >= 15 is 0 Å². The molecule has 0 radical (unpaired) electrons. The van der Waals surface area contributed by atoms with Gasteiger partial charge in [0.05, 0.1) is 11.8 Å². The number of halogens is 1. The largest absolute Gasteiger partial charge is 0.364 e. The lowest BCUT2D eigenvalue weighted by Gasteiger charge is -2.07. The lowest BCUT2D eigenvalue weighted by atomic mass is 10.2. The lowest BCUT2D eigenvalue weighted by molar-refractivity contribution is 0.102. The molecule has 4 nitrogen and oxygen atoms in total. The van der Waals surface area contributed by atoms with Gasteiger partial charge >= 0.3 is 0 Å². The first-order valence-electron chi connectivity index (χ1n) is 4.63. The second kappa shape index (κ2) is 4.49. The summed E-state index contributed by atoms with van der Waals surface area (Å²) in [4.78, 5) is 11.7. The van der Waals surface area contributed by atoms with Crippen molar-refractivity contribution in [2.75, 3.05) is 5.32 Å². The zero-order valence-corrected chi connectivity index (χ0v) is 10.1. The Morgan fingerprint density at radius 1 is 1.50 bits per heavy atom. The van der Waals surface area contributed by atoms with Crippen LogP contribution in [0, 0.1) is 6.92 Å². The highest BCUT2D eigenvalue weighted by Crippen LogP contribution is 2.20. The molecule has 1 aromatic carbocycles. The van der Waals surface area contributed by atoms with Crippen LogP contribution in [-0.2, 0) is 0 Å². The van der Waals surface area contributed by atoms with Crippen LogP contribution in [0.2, 0.25) is 0 Å². The first-order chi connectivity index (χ1) is 7.66. The first kappa shape index (κ1) is 10.9. The van der Waals surface area contributed by atoms with Gasteiger partial charge in [-0.25, -0.2) is 0 Å². The molecule has 1 amide bonds. The highest BCUT2D eigenvalue weighted by Gasteiger charge is 2.09. The molecule has 5 heteroatoms. The van der Waals surface area contributed by atoms with Crippen molar-refractivity contribution >= 4 is 27.5 Å². The third-order valence-electron chi connectivity index (χ3n) is 2.13. The zero-order chi connectivity index (χ0) is 11.5. The van der Waals surface area contributed by atoms with Crippen LogP contribution in [0.5, 0.6) is 0 Å². The first-order valence-corrected chi connectivity index (χ1v) is 5.43. The van der Waals surface area contributed by atoms with Gasteiger partial charge in [-0.15, -0.1) is 0 Å². The fraction of sp³-hybridized carbons (Fsp3) is 0.0909. The summed E-state index contributed by atoms with van der Waals surface area (Å²) in [6, 6.07) is 5.64. The summed E-state index contributed by atoms with van der Waals surface area (Å²) in [6.07, 6.45) is 2.69. The van der Waals surface area contributed by atoms with Gasteiger partial charge in [0.1, 0.15) is 6.26 Å². The van der Waals surface area contributed by atoms with Gasteiger partial charge in [-0.2, -0.15) is 0 Å². The van der Waals surface area contributed by atoms with E-state index in [0.717, 1.165) is 15.7 Å².